The highest BCUT2D eigenvalue weighted by Gasteiger charge is 2.25. The molecule has 2 heterocycles. The van der Waals surface area contributed by atoms with Crippen molar-refractivity contribution in [3.05, 3.63) is 88.4 Å². The Kier molecular flexibility index (Phi) is 8.69. The quantitative estimate of drug-likeness (QED) is 0.402. The van der Waals surface area contributed by atoms with E-state index in [-0.39, 0.29) is 11.8 Å². The van der Waals surface area contributed by atoms with Crippen LogP contribution in [0.3, 0.4) is 0 Å². The fourth-order valence-corrected chi connectivity index (χ4v) is 5.41. The normalized spacial score (nSPS) is 16.2. The van der Waals surface area contributed by atoms with Gasteiger partial charge in [0, 0.05) is 48.1 Å². The molecule has 2 fully saturated rings. The van der Waals surface area contributed by atoms with Gasteiger partial charge in [-0.15, -0.1) is 0 Å². The van der Waals surface area contributed by atoms with Crippen molar-refractivity contribution in [2.45, 2.75) is 25.7 Å². The van der Waals surface area contributed by atoms with E-state index in [0.29, 0.717) is 34.5 Å². The molecule has 0 saturated carbocycles. The molecule has 0 radical (unpaired) electrons. The Labute approximate surface area is 234 Å². The molecule has 0 aliphatic carbocycles. The molecule has 2 aliphatic rings. The number of carbonyl (C=O) groups is 2. The largest absolute Gasteiger partial charge is 0.493 e. The summed E-state index contributed by atoms with van der Waals surface area (Å²) >= 11 is 6.11. The van der Waals surface area contributed by atoms with Crippen molar-refractivity contribution in [1.82, 2.24) is 4.90 Å². The van der Waals surface area contributed by atoms with Gasteiger partial charge in [-0.05, 0) is 85.8 Å². The molecule has 7 nitrogen and oxygen atoms in total. The maximum absolute atomic E-state index is 13.1. The van der Waals surface area contributed by atoms with Crippen LogP contribution in [0.15, 0.2) is 66.7 Å². The Balaban J connectivity index is 1.15. The van der Waals surface area contributed by atoms with E-state index in [0.717, 1.165) is 63.5 Å². The Morgan fingerprint density at radius 3 is 2.31 bits per heavy atom. The van der Waals surface area contributed by atoms with E-state index in [9.17, 15) is 9.59 Å². The Hall–Kier alpha value is -3.55. The zero-order valence-electron chi connectivity index (χ0n) is 22.2. The number of likely N-dealkylation sites (tertiary alicyclic amines) is 1. The number of amides is 2. The minimum absolute atomic E-state index is 0.0903. The number of hydrogen-bond donors (Lipinski definition) is 1. The Morgan fingerprint density at radius 1 is 0.949 bits per heavy atom. The molecule has 2 aliphatic heterocycles. The van der Waals surface area contributed by atoms with Crippen molar-refractivity contribution in [2.24, 2.45) is 0 Å². The third kappa shape index (κ3) is 6.54. The molecule has 0 aromatic heterocycles. The molecule has 2 amide bonds. The molecule has 8 heteroatoms. The van der Waals surface area contributed by atoms with Crippen LogP contribution in [-0.2, 0) is 4.74 Å². The van der Waals surface area contributed by atoms with Crippen LogP contribution >= 0.6 is 11.6 Å². The van der Waals surface area contributed by atoms with E-state index < -0.39 is 0 Å². The van der Waals surface area contributed by atoms with Gasteiger partial charge in [0.2, 0.25) is 0 Å². The molecule has 3 aromatic rings. The van der Waals surface area contributed by atoms with Gasteiger partial charge in [-0.25, -0.2) is 0 Å². The minimum atomic E-state index is -0.265. The van der Waals surface area contributed by atoms with Crippen molar-refractivity contribution in [2.75, 3.05) is 56.2 Å². The van der Waals surface area contributed by atoms with Crippen molar-refractivity contribution in [1.29, 1.82) is 0 Å². The van der Waals surface area contributed by atoms with Crippen LogP contribution < -0.4 is 15.0 Å². The summed E-state index contributed by atoms with van der Waals surface area (Å²) in [7, 11) is 0. The number of anilines is 2. The van der Waals surface area contributed by atoms with Crippen molar-refractivity contribution < 1.29 is 19.1 Å². The second-order valence-corrected chi connectivity index (χ2v) is 10.3. The number of piperidine rings is 1. The fourth-order valence-electron chi connectivity index (χ4n) is 5.23. The van der Waals surface area contributed by atoms with Crippen LogP contribution in [-0.4, -0.2) is 62.7 Å². The SMILES string of the molecule is CCOc1ccc(Cl)cc1C(=O)Nc1ccc(C2CCN(C(=O)c3ccc(N4CCOCC4)cc3)CC2)cc1. The second kappa shape index (κ2) is 12.5. The van der Waals surface area contributed by atoms with Gasteiger partial charge in [-0.2, -0.15) is 0 Å². The summed E-state index contributed by atoms with van der Waals surface area (Å²) in [4.78, 5) is 30.2. The average molecular weight is 548 g/mol. The lowest BCUT2D eigenvalue weighted by molar-refractivity contribution is 0.0713. The first kappa shape index (κ1) is 27.0. The summed E-state index contributed by atoms with van der Waals surface area (Å²) in [5.74, 6) is 0.705. The van der Waals surface area contributed by atoms with E-state index in [1.54, 1.807) is 18.2 Å². The number of ether oxygens (including phenoxy) is 2. The summed E-state index contributed by atoms with van der Waals surface area (Å²) in [6, 6.07) is 20.9. The summed E-state index contributed by atoms with van der Waals surface area (Å²) < 4.78 is 11.0. The smallest absolute Gasteiger partial charge is 0.259 e. The van der Waals surface area contributed by atoms with Gasteiger partial charge in [0.1, 0.15) is 5.75 Å². The number of nitrogens with zero attached hydrogens (tertiary/aromatic N) is 2. The average Bonchev–Trinajstić information content (AvgIpc) is 2.99. The van der Waals surface area contributed by atoms with Crippen LogP contribution in [0.5, 0.6) is 5.75 Å². The van der Waals surface area contributed by atoms with Gasteiger partial charge in [0.15, 0.2) is 0 Å². The third-order valence-corrected chi connectivity index (χ3v) is 7.63. The highest BCUT2D eigenvalue weighted by Crippen LogP contribution is 2.30. The van der Waals surface area contributed by atoms with Gasteiger partial charge in [0.05, 0.1) is 25.4 Å². The molecule has 2 saturated heterocycles. The maximum Gasteiger partial charge on any atom is 0.259 e. The molecule has 0 spiro atoms. The van der Waals surface area contributed by atoms with Gasteiger partial charge in [-0.3, -0.25) is 9.59 Å². The van der Waals surface area contributed by atoms with Gasteiger partial charge in [0.25, 0.3) is 11.8 Å². The Morgan fingerprint density at radius 2 is 1.64 bits per heavy atom. The molecule has 204 valence electrons. The monoisotopic (exact) mass is 547 g/mol. The van der Waals surface area contributed by atoms with Crippen molar-refractivity contribution in [3.8, 4) is 5.75 Å². The van der Waals surface area contributed by atoms with Crippen LogP contribution in [0.1, 0.15) is 52.0 Å². The highest BCUT2D eigenvalue weighted by atomic mass is 35.5. The lowest BCUT2D eigenvalue weighted by Crippen LogP contribution is -2.38. The highest BCUT2D eigenvalue weighted by molar-refractivity contribution is 6.31. The summed E-state index contributed by atoms with van der Waals surface area (Å²) in [6.07, 6.45) is 1.81. The first-order chi connectivity index (χ1) is 19.0. The maximum atomic E-state index is 13.1. The van der Waals surface area contributed by atoms with Gasteiger partial charge < -0.3 is 24.6 Å². The Bertz CT molecular complexity index is 1280. The van der Waals surface area contributed by atoms with Gasteiger partial charge >= 0.3 is 0 Å². The summed E-state index contributed by atoms with van der Waals surface area (Å²) in [6.45, 7) is 7.03. The number of benzene rings is 3. The van der Waals surface area contributed by atoms with Crippen molar-refractivity contribution >= 4 is 34.8 Å². The molecule has 0 unspecified atom stereocenters. The lowest BCUT2D eigenvalue weighted by atomic mass is 9.89. The molecule has 1 N–H and O–H groups in total. The topological polar surface area (TPSA) is 71.1 Å². The number of morpholine rings is 1. The van der Waals surface area contributed by atoms with Crippen LogP contribution in [0.25, 0.3) is 0 Å². The standard InChI is InChI=1S/C31H34ClN3O4/c1-2-39-29-12-7-25(32)21-28(29)30(36)33-26-8-3-22(4-9-26)23-13-15-35(16-14-23)31(37)24-5-10-27(11-6-24)34-17-19-38-20-18-34/h3-12,21,23H,2,13-20H2,1H3,(H,33,36). The van der Waals surface area contributed by atoms with Crippen LogP contribution in [0, 0.1) is 0 Å². The number of rotatable bonds is 7. The van der Waals surface area contributed by atoms with E-state index >= 15 is 0 Å². The second-order valence-electron chi connectivity index (χ2n) is 9.86. The molecular weight excluding hydrogens is 514 g/mol. The summed E-state index contributed by atoms with van der Waals surface area (Å²) in [5, 5.41) is 3.42. The third-order valence-electron chi connectivity index (χ3n) is 7.40. The molecule has 0 bridgehead atoms. The van der Waals surface area contributed by atoms with Crippen LogP contribution in [0.4, 0.5) is 11.4 Å². The number of nitrogens with one attached hydrogen (secondary N) is 1. The van der Waals surface area contributed by atoms with E-state index in [1.165, 1.54) is 5.56 Å². The number of hydrogen-bond acceptors (Lipinski definition) is 5. The van der Waals surface area contributed by atoms with E-state index in [2.05, 4.69) is 22.3 Å². The fraction of sp³-hybridized carbons (Fsp3) is 0.355. The zero-order valence-corrected chi connectivity index (χ0v) is 23.0. The molecule has 39 heavy (non-hydrogen) atoms. The zero-order chi connectivity index (χ0) is 27.2. The predicted molar refractivity (Wildman–Crippen MR) is 154 cm³/mol. The van der Waals surface area contributed by atoms with E-state index in [4.69, 9.17) is 21.1 Å². The first-order valence-electron chi connectivity index (χ1n) is 13.6. The minimum Gasteiger partial charge on any atom is -0.493 e. The molecule has 5 rings (SSSR count). The lowest BCUT2D eigenvalue weighted by Gasteiger charge is -2.32. The molecule has 0 atom stereocenters. The summed E-state index contributed by atoms with van der Waals surface area (Å²) in [5.41, 5.74) is 4.20. The van der Waals surface area contributed by atoms with Crippen molar-refractivity contribution in [3.63, 3.8) is 0 Å². The first-order valence-corrected chi connectivity index (χ1v) is 14.0. The molecular formula is C31H34ClN3O4. The van der Waals surface area contributed by atoms with Crippen LogP contribution in [0.2, 0.25) is 5.02 Å². The number of halogens is 1. The van der Waals surface area contributed by atoms with E-state index in [1.807, 2.05) is 48.2 Å². The predicted octanol–water partition coefficient (Wildman–Crippen LogP) is 5.85. The van der Waals surface area contributed by atoms with Gasteiger partial charge in [-0.1, -0.05) is 23.7 Å². The number of carbonyl (C=O) groups excluding carboxylic acids is 2. The molecule has 3 aromatic carbocycles.